The highest BCUT2D eigenvalue weighted by atomic mass is 32.2. The predicted octanol–water partition coefficient (Wildman–Crippen LogP) is 1.23. The van der Waals surface area contributed by atoms with Crippen molar-refractivity contribution in [2.75, 3.05) is 12.0 Å². The molecule has 1 atom stereocenters. The molecule has 0 saturated heterocycles. The van der Waals surface area contributed by atoms with Crippen molar-refractivity contribution in [1.29, 1.82) is 0 Å². The fourth-order valence-corrected chi connectivity index (χ4v) is 2.00. The van der Waals surface area contributed by atoms with Crippen LogP contribution in [0.15, 0.2) is 4.52 Å². The Kier molecular flexibility index (Phi) is 5.21. The number of carbonyl (C=O) groups is 2. The number of carboxylic acids is 1. The number of aryl methyl sites for hydroxylation is 2. The van der Waals surface area contributed by atoms with Gasteiger partial charge in [0, 0.05) is 0 Å². The zero-order chi connectivity index (χ0) is 13.7. The van der Waals surface area contributed by atoms with E-state index in [1.165, 1.54) is 11.8 Å². The summed E-state index contributed by atoms with van der Waals surface area (Å²) in [7, 11) is 0. The summed E-state index contributed by atoms with van der Waals surface area (Å²) in [5.74, 6) is -0.443. The van der Waals surface area contributed by atoms with Crippen molar-refractivity contribution in [2.45, 2.75) is 26.3 Å². The molecule has 0 radical (unpaired) electrons. The van der Waals surface area contributed by atoms with E-state index >= 15 is 0 Å². The molecule has 0 saturated carbocycles. The molecule has 0 spiro atoms. The van der Waals surface area contributed by atoms with E-state index in [2.05, 4.69) is 10.5 Å². The van der Waals surface area contributed by atoms with Gasteiger partial charge in [0.05, 0.1) is 5.69 Å². The van der Waals surface area contributed by atoms with Crippen LogP contribution in [-0.4, -0.2) is 40.2 Å². The minimum atomic E-state index is -1.04. The highest BCUT2D eigenvalue weighted by Crippen LogP contribution is 2.12. The Morgan fingerprint density at radius 3 is 2.61 bits per heavy atom. The van der Waals surface area contributed by atoms with Gasteiger partial charge in [-0.15, -0.1) is 0 Å². The highest BCUT2D eigenvalue weighted by Gasteiger charge is 2.24. The molecule has 100 valence electrons. The van der Waals surface area contributed by atoms with Crippen LogP contribution >= 0.6 is 11.8 Å². The first kappa shape index (κ1) is 14.6. The molecule has 1 unspecified atom stereocenters. The van der Waals surface area contributed by atoms with Crippen LogP contribution in [0.1, 0.15) is 28.2 Å². The van der Waals surface area contributed by atoms with E-state index in [1.54, 1.807) is 13.8 Å². The first-order valence-electron chi connectivity index (χ1n) is 5.42. The molecular formula is C11H16N2O4S. The van der Waals surface area contributed by atoms with Gasteiger partial charge in [-0.05, 0) is 32.3 Å². The van der Waals surface area contributed by atoms with E-state index in [-0.39, 0.29) is 0 Å². The SMILES string of the molecule is CSCCC(NC(=O)c1c(C)noc1C)C(=O)O. The standard InChI is InChI=1S/C11H16N2O4S/c1-6-9(7(2)17-13-6)10(14)12-8(11(15)16)4-5-18-3/h8H,4-5H2,1-3H3,(H,12,14)(H,15,16). The summed E-state index contributed by atoms with van der Waals surface area (Å²) in [5, 5.41) is 15.2. The third-order valence-electron chi connectivity index (χ3n) is 2.47. The number of carbonyl (C=O) groups excluding carboxylic acids is 1. The summed E-state index contributed by atoms with van der Waals surface area (Å²) in [6.45, 7) is 3.26. The zero-order valence-electron chi connectivity index (χ0n) is 10.5. The molecule has 1 heterocycles. The van der Waals surface area contributed by atoms with Crippen molar-refractivity contribution >= 4 is 23.6 Å². The normalized spacial score (nSPS) is 12.2. The van der Waals surface area contributed by atoms with Gasteiger partial charge in [0.25, 0.3) is 5.91 Å². The lowest BCUT2D eigenvalue weighted by Crippen LogP contribution is -2.41. The average Bonchev–Trinajstić information content (AvgIpc) is 2.63. The second kappa shape index (κ2) is 6.44. The number of aliphatic carboxylic acids is 1. The quantitative estimate of drug-likeness (QED) is 0.809. The van der Waals surface area contributed by atoms with Crippen molar-refractivity contribution in [1.82, 2.24) is 10.5 Å². The van der Waals surface area contributed by atoms with E-state index in [0.717, 1.165) is 0 Å². The van der Waals surface area contributed by atoms with Gasteiger partial charge in [0.15, 0.2) is 0 Å². The number of amides is 1. The second-order valence-corrected chi connectivity index (χ2v) is 4.83. The molecule has 0 aromatic carbocycles. The monoisotopic (exact) mass is 272 g/mol. The topological polar surface area (TPSA) is 92.4 Å². The Balaban J connectivity index is 2.75. The summed E-state index contributed by atoms with van der Waals surface area (Å²) in [5.41, 5.74) is 0.768. The Labute approximate surface area is 109 Å². The van der Waals surface area contributed by atoms with Crippen LogP contribution in [0.5, 0.6) is 0 Å². The van der Waals surface area contributed by atoms with Crippen molar-refractivity contribution in [3.63, 3.8) is 0 Å². The van der Waals surface area contributed by atoms with Crippen molar-refractivity contribution in [3.05, 3.63) is 17.0 Å². The number of nitrogens with one attached hydrogen (secondary N) is 1. The molecule has 0 fully saturated rings. The summed E-state index contributed by atoms with van der Waals surface area (Å²) in [6.07, 6.45) is 2.26. The number of nitrogens with zero attached hydrogens (tertiary/aromatic N) is 1. The molecule has 1 aromatic heterocycles. The van der Waals surface area contributed by atoms with Gasteiger partial charge in [-0.1, -0.05) is 5.16 Å². The van der Waals surface area contributed by atoms with Crippen LogP contribution < -0.4 is 5.32 Å². The Morgan fingerprint density at radius 1 is 1.50 bits per heavy atom. The van der Waals surface area contributed by atoms with Crippen molar-refractivity contribution in [2.24, 2.45) is 0 Å². The smallest absolute Gasteiger partial charge is 0.326 e. The summed E-state index contributed by atoms with van der Waals surface area (Å²) < 4.78 is 4.88. The zero-order valence-corrected chi connectivity index (χ0v) is 11.3. The van der Waals surface area contributed by atoms with E-state index in [9.17, 15) is 9.59 Å². The maximum atomic E-state index is 11.9. The number of hydrogen-bond acceptors (Lipinski definition) is 5. The van der Waals surface area contributed by atoms with E-state index < -0.39 is 17.9 Å². The predicted molar refractivity (Wildman–Crippen MR) is 67.9 cm³/mol. The largest absolute Gasteiger partial charge is 0.480 e. The van der Waals surface area contributed by atoms with Gasteiger partial charge < -0.3 is 14.9 Å². The molecule has 0 aliphatic rings. The minimum Gasteiger partial charge on any atom is -0.480 e. The Bertz CT molecular complexity index is 425. The maximum Gasteiger partial charge on any atom is 0.326 e. The first-order chi connectivity index (χ1) is 8.47. The van der Waals surface area contributed by atoms with Crippen LogP contribution in [0, 0.1) is 13.8 Å². The van der Waals surface area contributed by atoms with Gasteiger partial charge in [-0.25, -0.2) is 4.79 Å². The van der Waals surface area contributed by atoms with E-state index in [0.29, 0.717) is 29.2 Å². The fourth-order valence-electron chi connectivity index (χ4n) is 1.53. The molecule has 0 bridgehead atoms. The highest BCUT2D eigenvalue weighted by molar-refractivity contribution is 7.98. The van der Waals surface area contributed by atoms with Gasteiger partial charge >= 0.3 is 5.97 Å². The van der Waals surface area contributed by atoms with Gasteiger partial charge in [-0.2, -0.15) is 11.8 Å². The van der Waals surface area contributed by atoms with E-state index in [1.807, 2.05) is 6.26 Å². The van der Waals surface area contributed by atoms with Crippen LogP contribution in [-0.2, 0) is 4.79 Å². The average molecular weight is 272 g/mol. The molecule has 6 nitrogen and oxygen atoms in total. The van der Waals surface area contributed by atoms with Crippen LogP contribution in [0.2, 0.25) is 0 Å². The molecule has 2 N–H and O–H groups in total. The lowest BCUT2D eigenvalue weighted by atomic mass is 10.1. The molecule has 1 aromatic rings. The van der Waals surface area contributed by atoms with E-state index in [4.69, 9.17) is 9.63 Å². The number of hydrogen-bond donors (Lipinski definition) is 2. The van der Waals surface area contributed by atoms with Crippen molar-refractivity contribution in [3.8, 4) is 0 Å². The molecule has 1 rings (SSSR count). The van der Waals surface area contributed by atoms with Gasteiger partial charge in [-0.3, -0.25) is 4.79 Å². The molecule has 0 aliphatic heterocycles. The summed E-state index contributed by atoms with van der Waals surface area (Å²) in [4.78, 5) is 23.0. The number of thioether (sulfide) groups is 1. The minimum absolute atomic E-state index is 0.311. The number of rotatable bonds is 6. The molecule has 7 heteroatoms. The lowest BCUT2D eigenvalue weighted by molar-refractivity contribution is -0.139. The van der Waals surface area contributed by atoms with Crippen LogP contribution in [0.3, 0.4) is 0 Å². The molecular weight excluding hydrogens is 256 g/mol. The third-order valence-corrected chi connectivity index (χ3v) is 3.12. The third kappa shape index (κ3) is 3.49. The molecule has 1 amide bonds. The van der Waals surface area contributed by atoms with Gasteiger partial charge in [0.2, 0.25) is 0 Å². The summed E-state index contributed by atoms with van der Waals surface area (Å²) in [6, 6.07) is -0.890. The Morgan fingerprint density at radius 2 is 2.17 bits per heavy atom. The van der Waals surface area contributed by atoms with Crippen LogP contribution in [0.25, 0.3) is 0 Å². The van der Waals surface area contributed by atoms with Crippen LogP contribution in [0.4, 0.5) is 0 Å². The molecule has 0 aliphatic carbocycles. The Hall–Kier alpha value is -1.50. The van der Waals surface area contributed by atoms with Crippen molar-refractivity contribution < 1.29 is 19.2 Å². The number of aromatic nitrogens is 1. The lowest BCUT2D eigenvalue weighted by Gasteiger charge is -2.13. The fraction of sp³-hybridized carbons (Fsp3) is 0.545. The first-order valence-corrected chi connectivity index (χ1v) is 6.82. The second-order valence-electron chi connectivity index (χ2n) is 3.84. The maximum absolute atomic E-state index is 11.9. The van der Waals surface area contributed by atoms with Gasteiger partial charge in [0.1, 0.15) is 17.4 Å². The number of carboxylic acid groups (broad SMARTS) is 1. The summed E-state index contributed by atoms with van der Waals surface area (Å²) >= 11 is 1.53. The molecule has 18 heavy (non-hydrogen) atoms.